The summed E-state index contributed by atoms with van der Waals surface area (Å²) < 4.78 is 0. The number of carbonyl (C=O) groups excluding carboxylic acids is 1. The van der Waals surface area contributed by atoms with Crippen molar-refractivity contribution in [2.45, 2.75) is 19.4 Å². The molecule has 2 aromatic rings. The molecule has 0 saturated heterocycles. The van der Waals surface area contributed by atoms with Crippen LogP contribution in [0.5, 0.6) is 0 Å². The second-order valence-corrected chi connectivity index (χ2v) is 5.73. The van der Waals surface area contributed by atoms with Gasteiger partial charge < -0.3 is 11.1 Å². The van der Waals surface area contributed by atoms with E-state index in [1.807, 2.05) is 31.2 Å². The number of halogens is 1. The summed E-state index contributed by atoms with van der Waals surface area (Å²) in [6.45, 7) is 2.43. The van der Waals surface area contributed by atoms with Crippen LogP contribution in [0.3, 0.4) is 0 Å². The minimum atomic E-state index is -0.197. The second-order valence-electron chi connectivity index (χ2n) is 4.38. The van der Waals surface area contributed by atoms with Gasteiger partial charge in [-0.25, -0.2) is 4.98 Å². The van der Waals surface area contributed by atoms with E-state index in [4.69, 9.17) is 17.3 Å². The molecular weight excluding hydrogens is 294 g/mol. The Morgan fingerprint density at radius 1 is 1.50 bits per heavy atom. The Hall–Kier alpha value is -1.43. The number of aromatic nitrogens is 1. The summed E-state index contributed by atoms with van der Waals surface area (Å²) in [6, 6.07) is 7.29. The topological polar surface area (TPSA) is 68.0 Å². The molecule has 2 rings (SSSR count). The monoisotopic (exact) mass is 309 g/mol. The number of nitrogens with zero attached hydrogens (tertiary/aromatic N) is 1. The molecule has 1 amide bonds. The van der Waals surface area contributed by atoms with Gasteiger partial charge in [0.05, 0.1) is 11.0 Å². The van der Waals surface area contributed by atoms with Crippen LogP contribution in [-0.2, 0) is 6.42 Å². The average Bonchev–Trinajstić information content (AvgIpc) is 2.88. The lowest BCUT2D eigenvalue weighted by Gasteiger charge is -2.14. The summed E-state index contributed by atoms with van der Waals surface area (Å²) in [7, 11) is 0. The van der Waals surface area contributed by atoms with Crippen molar-refractivity contribution in [3.8, 4) is 0 Å². The Morgan fingerprint density at radius 3 is 2.95 bits per heavy atom. The molecule has 20 heavy (non-hydrogen) atoms. The molecule has 0 radical (unpaired) electrons. The van der Waals surface area contributed by atoms with Gasteiger partial charge in [0.25, 0.3) is 5.91 Å². The standard InChI is InChI=1S/C14H16ClN3OS/c1-9(10-4-2-3-5-11(10)15)17-14(19)12-8-20-13(18-12)6-7-16/h2-5,8-9H,6-7,16H2,1H3,(H,17,19)/t9-/m1/s1. The molecule has 1 atom stereocenters. The zero-order valence-corrected chi connectivity index (χ0v) is 12.7. The van der Waals surface area contributed by atoms with Gasteiger partial charge in [0.15, 0.2) is 0 Å². The van der Waals surface area contributed by atoms with Crippen molar-refractivity contribution in [3.05, 3.63) is 50.9 Å². The molecule has 1 aromatic heterocycles. The lowest BCUT2D eigenvalue weighted by Crippen LogP contribution is -2.27. The molecule has 0 saturated carbocycles. The molecule has 3 N–H and O–H groups in total. The quantitative estimate of drug-likeness (QED) is 0.892. The fourth-order valence-electron chi connectivity index (χ4n) is 1.83. The number of rotatable bonds is 5. The number of carbonyl (C=O) groups is 1. The fourth-order valence-corrected chi connectivity index (χ4v) is 2.92. The predicted octanol–water partition coefficient (Wildman–Crippen LogP) is 2.79. The molecule has 0 fully saturated rings. The van der Waals surface area contributed by atoms with E-state index in [2.05, 4.69) is 10.3 Å². The first-order chi connectivity index (χ1) is 9.61. The smallest absolute Gasteiger partial charge is 0.271 e. The molecule has 0 aliphatic carbocycles. The van der Waals surface area contributed by atoms with Gasteiger partial charge in [0.2, 0.25) is 0 Å². The van der Waals surface area contributed by atoms with E-state index in [9.17, 15) is 4.79 Å². The Bertz CT molecular complexity index is 600. The largest absolute Gasteiger partial charge is 0.344 e. The van der Waals surface area contributed by atoms with E-state index in [1.165, 1.54) is 11.3 Å². The first kappa shape index (κ1) is 15.0. The zero-order chi connectivity index (χ0) is 14.5. The molecular formula is C14H16ClN3OS. The van der Waals surface area contributed by atoms with Crippen molar-refractivity contribution in [2.24, 2.45) is 5.73 Å². The van der Waals surface area contributed by atoms with Crippen LogP contribution in [0.2, 0.25) is 5.02 Å². The van der Waals surface area contributed by atoms with Crippen LogP contribution in [0.25, 0.3) is 0 Å². The summed E-state index contributed by atoms with van der Waals surface area (Å²) in [4.78, 5) is 16.4. The highest BCUT2D eigenvalue weighted by atomic mass is 35.5. The molecule has 106 valence electrons. The van der Waals surface area contributed by atoms with Crippen molar-refractivity contribution in [3.63, 3.8) is 0 Å². The summed E-state index contributed by atoms with van der Waals surface area (Å²) in [5, 5.41) is 6.17. The number of hydrogen-bond donors (Lipinski definition) is 2. The van der Waals surface area contributed by atoms with E-state index < -0.39 is 0 Å². The average molecular weight is 310 g/mol. The molecule has 0 unspecified atom stereocenters. The normalized spacial score (nSPS) is 12.2. The summed E-state index contributed by atoms with van der Waals surface area (Å²) >= 11 is 7.57. The SMILES string of the molecule is C[C@@H](NC(=O)c1csc(CCN)n1)c1ccccc1Cl. The maximum Gasteiger partial charge on any atom is 0.271 e. The van der Waals surface area contributed by atoms with E-state index in [0.29, 0.717) is 23.7 Å². The van der Waals surface area contributed by atoms with Crippen LogP contribution in [0.1, 0.15) is 34.0 Å². The van der Waals surface area contributed by atoms with Gasteiger partial charge in [-0.1, -0.05) is 29.8 Å². The van der Waals surface area contributed by atoms with E-state index in [1.54, 1.807) is 5.38 Å². The van der Waals surface area contributed by atoms with Crippen LogP contribution in [0.4, 0.5) is 0 Å². The minimum absolute atomic E-state index is 0.171. The van der Waals surface area contributed by atoms with Gasteiger partial charge >= 0.3 is 0 Å². The van der Waals surface area contributed by atoms with Crippen molar-refractivity contribution in [2.75, 3.05) is 6.54 Å². The van der Waals surface area contributed by atoms with Gasteiger partial charge in [-0.2, -0.15) is 0 Å². The number of amides is 1. The first-order valence-corrected chi connectivity index (χ1v) is 7.57. The first-order valence-electron chi connectivity index (χ1n) is 6.31. The lowest BCUT2D eigenvalue weighted by atomic mass is 10.1. The molecule has 4 nitrogen and oxygen atoms in total. The number of nitrogens with two attached hydrogens (primary N) is 1. The highest BCUT2D eigenvalue weighted by molar-refractivity contribution is 7.09. The number of thiazole rings is 1. The molecule has 1 heterocycles. The molecule has 1 aromatic carbocycles. The third-order valence-electron chi connectivity index (χ3n) is 2.86. The van der Waals surface area contributed by atoms with Crippen molar-refractivity contribution in [1.29, 1.82) is 0 Å². The van der Waals surface area contributed by atoms with Crippen molar-refractivity contribution in [1.82, 2.24) is 10.3 Å². The fraction of sp³-hybridized carbons (Fsp3) is 0.286. The Balaban J connectivity index is 2.05. The van der Waals surface area contributed by atoms with Gasteiger partial charge in [-0.15, -0.1) is 11.3 Å². The molecule has 0 aliphatic heterocycles. The number of nitrogens with one attached hydrogen (secondary N) is 1. The highest BCUT2D eigenvalue weighted by Gasteiger charge is 2.15. The van der Waals surface area contributed by atoms with Gasteiger partial charge in [-0.3, -0.25) is 4.79 Å². The Morgan fingerprint density at radius 2 is 2.25 bits per heavy atom. The Labute approximate surface area is 127 Å². The van der Waals surface area contributed by atoms with E-state index >= 15 is 0 Å². The number of hydrogen-bond acceptors (Lipinski definition) is 4. The van der Waals surface area contributed by atoms with Gasteiger partial charge in [0, 0.05) is 16.8 Å². The maximum absolute atomic E-state index is 12.1. The maximum atomic E-state index is 12.1. The van der Waals surface area contributed by atoms with E-state index in [-0.39, 0.29) is 11.9 Å². The molecule has 6 heteroatoms. The van der Waals surface area contributed by atoms with Crippen LogP contribution < -0.4 is 11.1 Å². The minimum Gasteiger partial charge on any atom is -0.344 e. The molecule has 0 bridgehead atoms. The summed E-state index contributed by atoms with van der Waals surface area (Å²) in [5.41, 5.74) is 6.79. The lowest BCUT2D eigenvalue weighted by molar-refractivity contribution is 0.0935. The second kappa shape index (κ2) is 6.83. The number of benzene rings is 1. The Kier molecular flexibility index (Phi) is 5.11. The predicted molar refractivity (Wildman–Crippen MR) is 82.2 cm³/mol. The van der Waals surface area contributed by atoms with Crippen LogP contribution in [0.15, 0.2) is 29.6 Å². The summed E-state index contributed by atoms with van der Waals surface area (Å²) in [5.74, 6) is -0.197. The van der Waals surface area contributed by atoms with Gasteiger partial charge in [0.1, 0.15) is 5.69 Å². The molecule has 0 spiro atoms. The van der Waals surface area contributed by atoms with Crippen LogP contribution in [-0.4, -0.2) is 17.4 Å². The third kappa shape index (κ3) is 3.56. The third-order valence-corrected chi connectivity index (χ3v) is 4.11. The van der Waals surface area contributed by atoms with Crippen LogP contribution in [0, 0.1) is 0 Å². The van der Waals surface area contributed by atoms with E-state index in [0.717, 1.165) is 10.6 Å². The van der Waals surface area contributed by atoms with Crippen molar-refractivity contribution < 1.29 is 4.79 Å². The van der Waals surface area contributed by atoms with Crippen molar-refractivity contribution >= 4 is 28.8 Å². The van der Waals surface area contributed by atoms with Gasteiger partial charge in [-0.05, 0) is 25.1 Å². The summed E-state index contributed by atoms with van der Waals surface area (Å²) in [6.07, 6.45) is 0.692. The molecule has 0 aliphatic rings. The highest BCUT2D eigenvalue weighted by Crippen LogP contribution is 2.22. The zero-order valence-electron chi connectivity index (χ0n) is 11.1. The van der Waals surface area contributed by atoms with Crippen LogP contribution >= 0.6 is 22.9 Å².